The Kier molecular flexibility index (Phi) is 12.0. The van der Waals surface area contributed by atoms with Gasteiger partial charge in [-0.1, -0.05) is 29.3 Å². The van der Waals surface area contributed by atoms with E-state index in [2.05, 4.69) is 14.7 Å². The fraction of sp³-hybridized carbons (Fsp3) is 0.303. The van der Waals surface area contributed by atoms with Crippen molar-refractivity contribution in [1.82, 2.24) is 9.88 Å². The van der Waals surface area contributed by atoms with Gasteiger partial charge in [-0.05, 0) is 54.7 Å². The Morgan fingerprint density at radius 3 is 2.42 bits per heavy atom. The zero-order valence-corrected chi connectivity index (χ0v) is 30.3. The van der Waals surface area contributed by atoms with Crippen LogP contribution in [0, 0.1) is 5.92 Å². The molecule has 1 aliphatic heterocycles. The molecular weight excluding hydrogens is 769 g/mol. The van der Waals surface area contributed by atoms with Gasteiger partial charge in [0.2, 0.25) is 10.0 Å². The van der Waals surface area contributed by atoms with Crippen molar-refractivity contribution >= 4 is 68.0 Å². The Labute approximate surface area is 310 Å². The highest BCUT2D eigenvalue weighted by atomic mass is 35.5. The van der Waals surface area contributed by atoms with Crippen molar-refractivity contribution in [3.05, 3.63) is 97.7 Å². The first-order chi connectivity index (χ1) is 24.3. The predicted molar refractivity (Wildman–Crippen MR) is 184 cm³/mol. The van der Waals surface area contributed by atoms with Gasteiger partial charge in [-0.25, -0.2) is 18.4 Å². The first kappa shape index (κ1) is 38.8. The van der Waals surface area contributed by atoms with E-state index < -0.39 is 47.1 Å². The monoisotopic (exact) mass is 798 g/mol. The molecule has 1 fully saturated rings. The molecule has 2 aliphatic rings. The number of H-pyrrole nitrogens is 1. The molecule has 1 atom stereocenters. The zero-order chi connectivity index (χ0) is 36.4. The smallest absolute Gasteiger partial charge is 0.387 e. The minimum absolute atomic E-state index is 0. The number of halogens is 4. The van der Waals surface area contributed by atoms with Crippen LogP contribution in [-0.2, 0) is 32.5 Å². The van der Waals surface area contributed by atoms with Crippen LogP contribution in [0.3, 0.4) is 0 Å². The van der Waals surface area contributed by atoms with E-state index in [1.165, 1.54) is 66.3 Å². The van der Waals surface area contributed by atoms with E-state index in [1.807, 2.05) is 0 Å². The summed E-state index contributed by atoms with van der Waals surface area (Å²) in [7, 11) is -3.82. The Balaban J connectivity index is 0.00000523. The summed E-state index contributed by atoms with van der Waals surface area (Å²) in [6.07, 6.45) is 6.14. The maximum atomic E-state index is 13.5. The second kappa shape index (κ2) is 16.1. The largest absolute Gasteiger partial charge is 0.870 e. The molecule has 52 heavy (non-hydrogen) atoms. The molecule has 19 heteroatoms. The van der Waals surface area contributed by atoms with Crippen molar-refractivity contribution in [2.24, 2.45) is 5.92 Å². The number of hydrogen-bond acceptors (Lipinski definition) is 11. The Morgan fingerprint density at radius 2 is 1.79 bits per heavy atom. The third-order valence-electron chi connectivity index (χ3n) is 8.08. The number of aromatic nitrogens is 2. The summed E-state index contributed by atoms with van der Waals surface area (Å²) >= 11 is 14.1. The number of pyridine rings is 1. The molecule has 3 heterocycles. The molecule has 0 radical (unpaired) electrons. The highest BCUT2D eigenvalue weighted by molar-refractivity contribution is 7.92. The number of carbonyl (C=O) groups excluding carboxylic acids is 3. The molecule has 2 amide bonds. The molecule has 2 N–H and O–H groups in total. The number of amides is 2. The number of thiazole rings is 1. The number of anilines is 1. The number of rotatable bonds is 15. The standard InChI is InChI=1S/C33H28Cl2F2N4O8S2.H2O/c1-51(45,46)41(15-29-39-8-9-50-29)20-5-6-21-22(11-20)32(44)40(31(21)43)16-30(42)48-27(12-23-24(34)13-38-14-25(23)35)19-4-7-26(49-33(36)37)28(10-19)47-17-18-2-3-18;/h4-11,13-14,18,27,33H,2-3,12,15-17H2,1H3;1H2/t27-;/m0./s1. The summed E-state index contributed by atoms with van der Waals surface area (Å²) < 4.78 is 69.1. The maximum Gasteiger partial charge on any atom is 0.387 e. The number of sulfonamides is 1. The van der Waals surface area contributed by atoms with Crippen LogP contribution in [-0.4, -0.2) is 67.6 Å². The summed E-state index contributed by atoms with van der Waals surface area (Å²) in [5.41, 5.74) is 0.709. The number of esters is 1. The fourth-order valence-corrected chi connectivity index (χ4v) is 7.44. The normalized spacial score (nSPS) is 14.5. The van der Waals surface area contributed by atoms with E-state index in [9.17, 15) is 31.6 Å². The number of alkyl halides is 2. The number of fused-ring (bicyclic) bond motifs is 1. The Morgan fingerprint density at radius 1 is 1.08 bits per heavy atom. The zero-order valence-electron chi connectivity index (χ0n) is 27.1. The van der Waals surface area contributed by atoms with Gasteiger partial charge in [0.05, 0.1) is 36.2 Å². The van der Waals surface area contributed by atoms with Gasteiger partial charge in [0.1, 0.15) is 27.7 Å². The van der Waals surface area contributed by atoms with Crippen LogP contribution in [0.2, 0.25) is 10.0 Å². The number of nitrogens with one attached hydrogen (secondary N) is 1. The van der Waals surface area contributed by atoms with E-state index in [0.29, 0.717) is 21.0 Å². The number of aromatic amines is 1. The molecule has 1 saturated carbocycles. The van der Waals surface area contributed by atoms with Crippen molar-refractivity contribution < 1.29 is 56.3 Å². The lowest BCUT2D eigenvalue weighted by Crippen LogP contribution is -2.36. The van der Waals surface area contributed by atoms with E-state index in [-0.39, 0.29) is 69.3 Å². The SMILES string of the molecule is CS(=O)(=O)N(Cc1nccs1)c1ccc2c(c1)C(=O)N(CC(=O)O[C@@H](Cc1c(Cl)c[nH+]cc1Cl)c1ccc(OC(F)F)c(OCC3CC3)c1)C2=O.[OH-]. The third-order valence-corrected chi connectivity index (χ3v) is 10.7. The van der Waals surface area contributed by atoms with Gasteiger partial charge in [-0.2, -0.15) is 8.78 Å². The number of ether oxygens (including phenoxy) is 3. The summed E-state index contributed by atoms with van der Waals surface area (Å²) in [5, 5.41) is 2.65. The highest BCUT2D eigenvalue weighted by Crippen LogP contribution is 2.38. The molecule has 2 aromatic heterocycles. The van der Waals surface area contributed by atoms with Crippen LogP contribution in [0.4, 0.5) is 14.5 Å². The Bertz CT molecular complexity index is 2070. The number of benzene rings is 2. The van der Waals surface area contributed by atoms with Crippen LogP contribution in [0.5, 0.6) is 11.5 Å². The van der Waals surface area contributed by atoms with Crippen LogP contribution in [0.25, 0.3) is 0 Å². The molecular formula is C33H30Cl2F2N4O9S2. The summed E-state index contributed by atoms with van der Waals surface area (Å²) in [6.45, 7) is -3.73. The predicted octanol–water partition coefficient (Wildman–Crippen LogP) is 5.57. The first-order valence-electron chi connectivity index (χ1n) is 15.4. The van der Waals surface area contributed by atoms with E-state index >= 15 is 0 Å². The fourth-order valence-electron chi connectivity index (χ4n) is 5.36. The summed E-state index contributed by atoms with van der Waals surface area (Å²) in [6, 6.07) is 8.09. The molecule has 0 unspecified atom stereocenters. The molecule has 1 aliphatic carbocycles. The van der Waals surface area contributed by atoms with E-state index in [0.717, 1.165) is 23.4 Å². The minimum atomic E-state index is -3.82. The first-order valence-corrected chi connectivity index (χ1v) is 18.9. The van der Waals surface area contributed by atoms with Gasteiger partial charge in [-0.15, -0.1) is 11.3 Å². The molecule has 4 aromatic rings. The Hall–Kier alpha value is -4.42. The second-order valence-electron chi connectivity index (χ2n) is 11.8. The van der Waals surface area contributed by atoms with Crippen molar-refractivity contribution in [3.63, 3.8) is 0 Å². The minimum Gasteiger partial charge on any atom is -0.870 e. The van der Waals surface area contributed by atoms with Crippen molar-refractivity contribution in [3.8, 4) is 11.5 Å². The van der Waals surface area contributed by atoms with Crippen molar-refractivity contribution in [1.29, 1.82) is 0 Å². The molecule has 0 spiro atoms. The lowest BCUT2D eigenvalue weighted by molar-refractivity contribution is -0.377. The van der Waals surface area contributed by atoms with Crippen LogP contribution in [0.1, 0.15) is 55.8 Å². The van der Waals surface area contributed by atoms with Crippen LogP contribution in [0.15, 0.2) is 60.4 Å². The molecule has 0 bridgehead atoms. The lowest BCUT2D eigenvalue weighted by Gasteiger charge is -2.22. The van der Waals surface area contributed by atoms with Gasteiger partial charge < -0.3 is 19.7 Å². The third kappa shape index (κ3) is 8.95. The molecule has 13 nitrogen and oxygen atoms in total. The van der Waals surface area contributed by atoms with Crippen molar-refractivity contribution in [2.75, 3.05) is 23.7 Å². The number of carbonyl (C=O) groups is 3. The average Bonchev–Trinajstić information content (AvgIpc) is 3.70. The number of hydrogen-bond donors (Lipinski definition) is 0. The van der Waals surface area contributed by atoms with E-state index in [1.54, 1.807) is 5.38 Å². The van der Waals surface area contributed by atoms with Gasteiger partial charge in [0, 0.05) is 23.6 Å². The molecule has 2 aromatic carbocycles. The number of nitrogens with zero attached hydrogens (tertiary/aromatic N) is 3. The summed E-state index contributed by atoms with van der Waals surface area (Å²) in [4.78, 5) is 48.0. The van der Waals surface area contributed by atoms with Gasteiger partial charge in [0.15, 0.2) is 23.9 Å². The summed E-state index contributed by atoms with van der Waals surface area (Å²) in [5.74, 6) is -2.52. The molecule has 0 saturated heterocycles. The van der Waals surface area contributed by atoms with E-state index in [4.69, 9.17) is 32.7 Å². The van der Waals surface area contributed by atoms with Gasteiger partial charge >= 0.3 is 12.6 Å². The topological polar surface area (TPSA) is 177 Å². The van der Waals surface area contributed by atoms with Crippen molar-refractivity contribution in [2.45, 2.75) is 38.5 Å². The maximum absolute atomic E-state index is 13.5. The molecule has 6 rings (SSSR count). The quantitative estimate of drug-likeness (QED) is 0.109. The second-order valence-corrected chi connectivity index (χ2v) is 15.5. The highest BCUT2D eigenvalue weighted by Gasteiger charge is 2.39. The molecule has 276 valence electrons. The number of imide groups is 1. The van der Waals surface area contributed by atoms with Crippen LogP contribution >= 0.6 is 34.5 Å². The van der Waals surface area contributed by atoms with Gasteiger partial charge in [-0.3, -0.25) is 23.6 Å². The van der Waals surface area contributed by atoms with Crippen LogP contribution < -0.4 is 18.8 Å². The lowest BCUT2D eigenvalue weighted by atomic mass is 10.0. The average molecular weight is 800 g/mol. The van der Waals surface area contributed by atoms with Gasteiger partial charge in [0.25, 0.3) is 11.8 Å².